The highest BCUT2D eigenvalue weighted by Crippen LogP contribution is 2.30. The van der Waals surface area contributed by atoms with E-state index in [4.69, 9.17) is 9.47 Å². The van der Waals surface area contributed by atoms with E-state index < -0.39 is 0 Å². The van der Waals surface area contributed by atoms with Crippen LogP contribution in [0.15, 0.2) is 30.9 Å². The summed E-state index contributed by atoms with van der Waals surface area (Å²) in [4.78, 5) is 0. The van der Waals surface area contributed by atoms with Gasteiger partial charge in [-0.1, -0.05) is 12.1 Å². The van der Waals surface area contributed by atoms with Crippen LogP contribution in [0.1, 0.15) is 25.3 Å². The Morgan fingerprint density at radius 2 is 2.11 bits per heavy atom. The molecule has 18 heavy (non-hydrogen) atoms. The lowest BCUT2D eigenvalue weighted by Crippen LogP contribution is -2.24. The third kappa shape index (κ3) is 3.50. The second-order valence-electron chi connectivity index (χ2n) is 4.64. The van der Waals surface area contributed by atoms with Crippen molar-refractivity contribution in [2.75, 3.05) is 13.2 Å². The van der Waals surface area contributed by atoms with Crippen LogP contribution >= 0.6 is 0 Å². The Kier molecular flexibility index (Phi) is 4.65. The van der Waals surface area contributed by atoms with Gasteiger partial charge in [0.2, 0.25) is 0 Å². The summed E-state index contributed by atoms with van der Waals surface area (Å²) in [5.41, 5.74) is 1.22. The molecule has 0 saturated carbocycles. The fraction of sp³-hybridized carbons (Fsp3) is 0.467. The molecule has 1 N–H and O–H groups in total. The van der Waals surface area contributed by atoms with Crippen LogP contribution in [-0.2, 0) is 6.54 Å². The van der Waals surface area contributed by atoms with Crippen LogP contribution in [0.4, 0.5) is 0 Å². The van der Waals surface area contributed by atoms with Crippen molar-refractivity contribution in [3.8, 4) is 11.5 Å². The Hall–Kier alpha value is -1.48. The first-order valence-electron chi connectivity index (χ1n) is 6.52. The minimum absolute atomic E-state index is 0.443. The minimum atomic E-state index is 0.443. The molecule has 0 saturated heterocycles. The predicted molar refractivity (Wildman–Crippen MR) is 73.2 cm³/mol. The van der Waals surface area contributed by atoms with E-state index in [9.17, 15) is 0 Å². The zero-order valence-electron chi connectivity index (χ0n) is 10.9. The summed E-state index contributed by atoms with van der Waals surface area (Å²) in [7, 11) is 0. The number of benzene rings is 1. The van der Waals surface area contributed by atoms with Gasteiger partial charge in [0.15, 0.2) is 11.5 Å². The molecule has 1 aromatic carbocycles. The highest BCUT2D eigenvalue weighted by atomic mass is 16.5. The molecule has 0 spiro atoms. The molecule has 1 aromatic rings. The first-order valence-corrected chi connectivity index (χ1v) is 6.52. The van der Waals surface area contributed by atoms with Gasteiger partial charge in [0.25, 0.3) is 0 Å². The Labute approximate surface area is 109 Å². The molecule has 2 rings (SSSR count). The average molecular weight is 247 g/mol. The maximum atomic E-state index is 5.67. The summed E-state index contributed by atoms with van der Waals surface area (Å²) >= 11 is 0. The van der Waals surface area contributed by atoms with Gasteiger partial charge in [-0.15, -0.1) is 6.58 Å². The van der Waals surface area contributed by atoms with E-state index >= 15 is 0 Å². The Bertz CT molecular complexity index is 403. The molecule has 98 valence electrons. The van der Waals surface area contributed by atoms with Crippen LogP contribution in [-0.4, -0.2) is 19.3 Å². The fourth-order valence-corrected chi connectivity index (χ4v) is 1.94. The summed E-state index contributed by atoms with van der Waals surface area (Å²) in [6, 6.07) is 6.59. The van der Waals surface area contributed by atoms with Crippen molar-refractivity contribution in [2.45, 2.75) is 32.4 Å². The zero-order valence-corrected chi connectivity index (χ0v) is 10.9. The van der Waals surface area contributed by atoms with Crippen molar-refractivity contribution in [1.29, 1.82) is 0 Å². The molecule has 0 bridgehead atoms. The van der Waals surface area contributed by atoms with E-state index in [0.29, 0.717) is 6.04 Å². The van der Waals surface area contributed by atoms with Crippen LogP contribution in [0, 0.1) is 0 Å². The van der Waals surface area contributed by atoms with Crippen molar-refractivity contribution in [3.63, 3.8) is 0 Å². The van der Waals surface area contributed by atoms with Crippen LogP contribution < -0.4 is 14.8 Å². The highest BCUT2D eigenvalue weighted by molar-refractivity contribution is 5.43. The number of rotatable bonds is 5. The average Bonchev–Trinajstić information content (AvgIpc) is 2.61. The van der Waals surface area contributed by atoms with E-state index in [-0.39, 0.29) is 0 Å². The second-order valence-corrected chi connectivity index (χ2v) is 4.64. The van der Waals surface area contributed by atoms with Gasteiger partial charge < -0.3 is 14.8 Å². The van der Waals surface area contributed by atoms with Gasteiger partial charge in [0.1, 0.15) is 0 Å². The Morgan fingerprint density at radius 3 is 2.89 bits per heavy atom. The van der Waals surface area contributed by atoms with E-state index in [0.717, 1.165) is 44.1 Å². The van der Waals surface area contributed by atoms with Crippen LogP contribution in [0.25, 0.3) is 0 Å². The van der Waals surface area contributed by atoms with Gasteiger partial charge >= 0.3 is 0 Å². The van der Waals surface area contributed by atoms with E-state index in [2.05, 4.69) is 31.0 Å². The summed E-state index contributed by atoms with van der Waals surface area (Å²) in [5, 5.41) is 3.45. The summed E-state index contributed by atoms with van der Waals surface area (Å²) < 4.78 is 11.3. The molecule has 1 atom stereocenters. The minimum Gasteiger partial charge on any atom is -0.490 e. The first-order chi connectivity index (χ1) is 8.79. The maximum absolute atomic E-state index is 5.67. The van der Waals surface area contributed by atoms with E-state index in [1.807, 2.05) is 12.1 Å². The van der Waals surface area contributed by atoms with Crippen molar-refractivity contribution in [2.24, 2.45) is 0 Å². The first kappa shape index (κ1) is 13.0. The molecule has 3 nitrogen and oxygen atoms in total. The molecule has 1 heterocycles. The quantitative estimate of drug-likeness (QED) is 0.812. The number of nitrogens with one attached hydrogen (secondary N) is 1. The van der Waals surface area contributed by atoms with Gasteiger partial charge in [-0.05, 0) is 31.0 Å². The predicted octanol–water partition coefficient (Wildman–Crippen LogP) is 2.90. The van der Waals surface area contributed by atoms with Crippen molar-refractivity contribution in [3.05, 3.63) is 36.4 Å². The molecule has 0 aromatic heterocycles. The topological polar surface area (TPSA) is 30.5 Å². The molecule has 3 heteroatoms. The Morgan fingerprint density at radius 1 is 1.33 bits per heavy atom. The van der Waals surface area contributed by atoms with Crippen LogP contribution in [0.3, 0.4) is 0 Å². The van der Waals surface area contributed by atoms with Gasteiger partial charge in [-0.25, -0.2) is 0 Å². The fourth-order valence-electron chi connectivity index (χ4n) is 1.94. The normalized spacial score (nSPS) is 15.8. The number of fused-ring (bicyclic) bond motifs is 1. The lowest BCUT2D eigenvalue weighted by atomic mass is 10.1. The standard InChI is InChI=1S/C15H21NO2/c1-3-5-12(2)16-11-13-6-7-14-15(10-13)18-9-4-8-17-14/h3,6-7,10,12,16H,1,4-5,8-9,11H2,2H3. The molecule has 1 aliphatic heterocycles. The van der Waals surface area contributed by atoms with Gasteiger partial charge in [0, 0.05) is 19.0 Å². The summed E-state index contributed by atoms with van der Waals surface area (Å²) in [5.74, 6) is 1.72. The molecule has 0 fully saturated rings. The Balaban J connectivity index is 1.97. The number of hydrogen-bond acceptors (Lipinski definition) is 3. The van der Waals surface area contributed by atoms with Crippen LogP contribution in [0.2, 0.25) is 0 Å². The third-order valence-corrected chi connectivity index (χ3v) is 2.99. The zero-order chi connectivity index (χ0) is 12.8. The number of hydrogen-bond donors (Lipinski definition) is 1. The molecule has 1 unspecified atom stereocenters. The molecular formula is C15H21NO2. The highest BCUT2D eigenvalue weighted by Gasteiger charge is 2.10. The lowest BCUT2D eigenvalue weighted by molar-refractivity contribution is 0.297. The van der Waals surface area contributed by atoms with Gasteiger partial charge in [-0.2, -0.15) is 0 Å². The summed E-state index contributed by atoms with van der Waals surface area (Å²) in [6.07, 6.45) is 3.86. The van der Waals surface area contributed by atoms with Crippen LogP contribution in [0.5, 0.6) is 11.5 Å². The smallest absolute Gasteiger partial charge is 0.161 e. The SMILES string of the molecule is C=CCC(C)NCc1ccc2c(c1)OCCCO2. The van der Waals surface area contributed by atoms with Crippen molar-refractivity contribution < 1.29 is 9.47 Å². The third-order valence-electron chi connectivity index (χ3n) is 2.99. The number of ether oxygens (including phenoxy) is 2. The summed E-state index contributed by atoms with van der Waals surface area (Å²) in [6.45, 7) is 8.21. The molecule has 1 aliphatic rings. The monoisotopic (exact) mass is 247 g/mol. The van der Waals surface area contributed by atoms with Crippen molar-refractivity contribution in [1.82, 2.24) is 5.32 Å². The van der Waals surface area contributed by atoms with Crippen molar-refractivity contribution >= 4 is 0 Å². The second kappa shape index (κ2) is 6.45. The molecular weight excluding hydrogens is 226 g/mol. The van der Waals surface area contributed by atoms with E-state index in [1.54, 1.807) is 0 Å². The molecule has 0 aliphatic carbocycles. The largest absolute Gasteiger partial charge is 0.490 e. The molecule has 0 amide bonds. The van der Waals surface area contributed by atoms with E-state index in [1.165, 1.54) is 5.56 Å². The van der Waals surface area contributed by atoms with Gasteiger partial charge in [-0.3, -0.25) is 0 Å². The molecule has 0 radical (unpaired) electrons. The maximum Gasteiger partial charge on any atom is 0.161 e. The lowest BCUT2D eigenvalue weighted by Gasteiger charge is -2.13. The van der Waals surface area contributed by atoms with Gasteiger partial charge in [0.05, 0.1) is 13.2 Å².